The maximum Gasteiger partial charge on any atom is 0.353 e. The van der Waals surface area contributed by atoms with Gasteiger partial charge < -0.3 is 15.4 Å². The van der Waals surface area contributed by atoms with Gasteiger partial charge in [0.05, 0.1) is 23.7 Å². The number of nitrogens with zero attached hydrogens (tertiary/aromatic N) is 4. The van der Waals surface area contributed by atoms with E-state index in [9.17, 15) is 10.1 Å². The van der Waals surface area contributed by atoms with E-state index < -0.39 is 4.92 Å². The Morgan fingerprint density at radius 3 is 3.00 bits per heavy atom. The van der Waals surface area contributed by atoms with Crippen molar-refractivity contribution in [3.8, 4) is 0 Å². The van der Waals surface area contributed by atoms with E-state index in [0.29, 0.717) is 13.2 Å². The number of nitro groups is 1. The Balaban J connectivity index is 2.44. The van der Waals surface area contributed by atoms with Crippen LogP contribution in [0.3, 0.4) is 0 Å². The van der Waals surface area contributed by atoms with Crippen molar-refractivity contribution in [2.24, 2.45) is 0 Å². The van der Waals surface area contributed by atoms with E-state index in [-0.39, 0.29) is 29.5 Å². The Morgan fingerprint density at radius 1 is 1.63 bits per heavy atom. The fourth-order valence-electron chi connectivity index (χ4n) is 2.21. The minimum absolute atomic E-state index is 0.00130. The van der Waals surface area contributed by atoms with Gasteiger partial charge in [-0.25, -0.2) is 9.97 Å². The second-order valence-electron chi connectivity index (χ2n) is 4.55. The molecular formula is C11H17N5O3. The minimum Gasteiger partial charge on any atom is -0.378 e. The van der Waals surface area contributed by atoms with Gasteiger partial charge in [-0.15, -0.1) is 0 Å². The monoisotopic (exact) mass is 267 g/mol. The SMILES string of the molecule is CCC1COC(C)CN1c1ncnc(N)c1[N+](=O)[O-]. The molecule has 0 aromatic carbocycles. The molecular weight excluding hydrogens is 250 g/mol. The summed E-state index contributed by atoms with van der Waals surface area (Å²) < 4.78 is 5.58. The Morgan fingerprint density at radius 2 is 2.37 bits per heavy atom. The third kappa shape index (κ3) is 2.58. The molecule has 2 heterocycles. The maximum atomic E-state index is 11.1. The van der Waals surface area contributed by atoms with Crippen LogP contribution < -0.4 is 10.6 Å². The first-order valence-corrected chi connectivity index (χ1v) is 6.17. The van der Waals surface area contributed by atoms with Crippen molar-refractivity contribution < 1.29 is 9.66 Å². The highest BCUT2D eigenvalue weighted by Gasteiger charge is 2.33. The molecule has 1 aliphatic heterocycles. The molecule has 0 radical (unpaired) electrons. The van der Waals surface area contributed by atoms with Crippen LogP contribution in [0.2, 0.25) is 0 Å². The van der Waals surface area contributed by atoms with Gasteiger partial charge in [-0.05, 0) is 13.3 Å². The number of anilines is 2. The summed E-state index contributed by atoms with van der Waals surface area (Å²) in [7, 11) is 0. The van der Waals surface area contributed by atoms with Crippen molar-refractivity contribution in [2.45, 2.75) is 32.4 Å². The van der Waals surface area contributed by atoms with Gasteiger partial charge in [-0.1, -0.05) is 6.92 Å². The number of morpholine rings is 1. The third-order valence-electron chi connectivity index (χ3n) is 3.22. The predicted molar refractivity (Wildman–Crippen MR) is 69.9 cm³/mol. The Labute approximate surface area is 110 Å². The third-order valence-corrected chi connectivity index (χ3v) is 3.22. The highest BCUT2D eigenvalue weighted by molar-refractivity contribution is 5.68. The van der Waals surface area contributed by atoms with Gasteiger partial charge in [0.1, 0.15) is 6.33 Å². The van der Waals surface area contributed by atoms with Crippen LogP contribution in [-0.4, -0.2) is 40.2 Å². The molecule has 1 aromatic heterocycles. The topological polar surface area (TPSA) is 107 Å². The molecule has 8 nitrogen and oxygen atoms in total. The van der Waals surface area contributed by atoms with E-state index >= 15 is 0 Å². The molecule has 8 heteroatoms. The molecule has 0 aliphatic carbocycles. The number of ether oxygens (including phenoxy) is 1. The number of nitrogen functional groups attached to an aromatic ring is 1. The summed E-state index contributed by atoms with van der Waals surface area (Å²) >= 11 is 0. The second-order valence-corrected chi connectivity index (χ2v) is 4.55. The zero-order valence-corrected chi connectivity index (χ0v) is 10.9. The summed E-state index contributed by atoms with van der Waals surface area (Å²) in [4.78, 5) is 20.3. The lowest BCUT2D eigenvalue weighted by atomic mass is 10.1. The van der Waals surface area contributed by atoms with E-state index in [1.807, 2.05) is 18.7 Å². The molecule has 0 spiro atoms. The first kappa shape index (κ1) is 13.5. The molecule has 2 atom stereocenters. The average Bonchev–Trinajstić information content (AvgIpc) is 2.37. The second kappa shape index (κ2) is 5.35. The van der Waals surface area contributed by atoms with Gasteiger partial charge in [0.25, 0.3) is 0 Å². The zero-order valence-electron chi connectivity index (χ0n) is 10.9. The van der Waals surface area contributed by atoms with E-state index in [0.717, 1.165) is 6.42 Å². The van der Waals surface area contributed by atoms with Crippen LogP contribution in [0.4, 0.5) is 17.3 Å². The molecule has 0 saturated carbocycles. The number of hydrogen-bond donors (Lipinski definition) is 1. The first-order chi connectivity index (χ1) is 9.04. The number of nitrogens with two attached hydrogens (primary N) is 1. The fraction of sp³-hybridized carbons (Fsp3) is 0.636. The molecule has 1 aromatic rings. The molecule has 1 aliphatic rings. The highest BCUT2D eigenvalue weighted by Crippen LogP contribution is 2.33. The molecule has 2 unspecified atom stereocenters. The predicted octanol–water partition coefficient (Wildman–Crippen LogP) is 0.971. The smallest absolute Gasteiger partial charge is 0.353 e. The van der Waals surface area contributed by atoms with Crippen LogP contribution in [0.5, 0.6) is 0 Å². The molecule has 1 fully saturated rings. The van der Waals surface area contributed by atoms with Crippen molar-refractivity contribution in [2.75, 3.05) is 23.8 Å². The average molecular weight is 267 g/mol. The Bertz CT molecular complexity index is 481. The largest absolute Gasteiger partial charge is 0.378 e. The maximum absolute atomic E-state index is 11.1. The van der Waals surface area contributed by atoms with Crippen molar-refractivity contribution in [3.05, 3.63) is 16.4 Å². The summed E-state index contributed by atoms with van der Waals surface area (Å²) in [5, 5.41) is 11.1. The lowest BCUT2D eigenvalue weighted by Gasteiger charge is -2.38. The van der Waals surface area contributed by atoms with Gasteiger partial charge in [-0.3, -0.25) is 10.1 Å². The van der Waals surface area contributed by atoms with Gasteiger partial charge in [0.2, 0.25) is 11.6 Å². The van der Waals surface area contributed by atoms with E-state index in [2.05, 4.69) is 9.97 Å². The highest BCUT2D eigenvalue weighted by atomic mass is 16.6. The standard InChI is InChI=1S/C11H17N5O3/c1-3-8-5-19-7(2)4-15(8)11-9(16(17)18)10(12)13-6-14-11/h6-8H,3-5H2,1-2H3,(H2,12,13,14). The summed E-state index contributed by atoms with van der Waals surface area (Å²) in [6.07, 6.45) is 2.07. The van der Waals surface area contributed by atoms with Crippen LogP contribution in [0.1, 0.15) is 20.3 Å². The quantitative estimate of drug-likeness (QED) is 0.642. The molecule has 1 saturated heterocycles. The van der Waals surface area contributed by atoms with E-state index in [4.69, 9.17) is 10.5 Å². The van der Waals surface area contributed by atoms with Crippen molar-refractivity contribution in [1.82, 2.24) is 9.97 Å². The van der Waals surface area contributed by atoms with Crippen LogP contribution in [-0.2, 0) is 4.74 Å². The van der Waals surface area contributed by atoms with Gasteiger partial charge >= 0.3 is 5.69 Å². The van der Waals surface area contributed by atoms with Gasteiger partial charge in [0.15, 0.2) is 0 Å². The molecule has 2 N–H and O–H groups in total. The fourth-order valence-corrected chi connectivity index (χ4v) is 2.21. The minimum atomic E-state index is -0.530. The summed E-state index contributed by atoms with van der Waals surface area (Å²) in [6.45, 7) is 5.01. The van der Waals surface area contributed by atoms with E-state index in [1.54, 1.807) is 0 Å². The molecule has 2 rings (SSSR count). The molecule has 104 valence electrons. The molecule has 0 amide bonds. The van der Waals surface area contributed by atoms with Crippen molar-refractivity contribution in [3.63, 3.8) is 0 Å². The number of rotatable bonds is 3. The summed E-state index contributed by atoms with van der Waals surface area (Å²) in [5.41, 5.74) is 5.37. The van der Waals surface area contributed by atoms with Crippen LogP contribution >= 0.6 is 0 Å². The lowest BCUT2D eigenvalue weighted by Crippen LogP contribution is -2.49. The normalized spacial score (nSPS) is 23.4. The van der Waals surface area contributed by atoms with Crippen LogP contribution in [0.25, 0.3) is 0 Å². The zero-order chi connectivity index (χ0) is 14.0. The van der Waals surface area contributed by atoms with Crippen molar-refractivity contribution in [1.29, 1.82) is 0 Å². The Hall–Kier alpha value is -1.96. The van der Waals surface area contributed by atoms with Crippen LogP contribution in [0.15, 0.2) is 6.33 Å². The van der Waals surface area contributed by atoms with E-state index in [1.165, 1.54) is 6.33 Å². The summed E-state index contributed by atoms with van der Waals surface area (Å²) in [5.74, 6) is 0.170. The molecule has 19 heavy (non-hydrogen) atoms. The number of aromatic nitrogens is 2. The van der Waals surface area contributed by atoms with Crippen LogP contribution in [0, 0.1) is 10.1 Å². The lowest BCUT2D eigenvalue weighted by molar-refractivity contribution is -0.383. The van der Waals surface area contributed by atoms with Crippen molar-refractivity contribution >= 4 is 17.3 Å². The number of hydrogen-bond acceptors (Lipinski definition) is 7. The van der Waals surface area contributed by atoms with Gasteiger partial charge in [-0.2, -0.15) is 0 Å². The van der Waals surface area contributed by atoms with Gasteiger partial charge in [0, 0.05) is 6.54 Å². The molecule has 0 bridgehead atoms. The first-order valence-electron chi connectivity index (χ1n) is 6.17. The summed E-state index contributed by atoms with van der Waals surface area (Å²) in [6, 6.07) is 0.0594. The Kier molecular flexibility index (Phi) is 3.79.